The number of aliphatic hydroxyl groups is 2. The number of unbranched alkanes of at least 4 members (excludes halogenated alkanes) is 10. The minimum absolute atomic E-state index is 0.0112. The van der Waals surface area contributed by atoms with Gasteiger partial charge in [0.2, 0.25) is 0 Å². The molecule has 2 N–H and O–H groups in total. The third-order valence-corrected chi connectivity index (χ3v) is 4.68. The smallest absolute Gasteiger partial charge is 0.363 e. The number of carbonyl (C=O) groups is 2. The Morgan fingerprint density at radius 3 is 1.62 bits per heavy atom. The summed E-state index contributed by atoms with van der Waals surface area (Å²) in [4.78, 5) is 23.5. The molecule has 0 aliphatic carbocycles. The summed E-state index contributed by atoms with van der Waals surface area (Å²) in [6.07, 6.45) is 11.3. The minimum atomic E-state index is -2.92. The van der Waals surface area contributed by atoms with Gasteiger partial charge >= 0.3 is 17.9 Å². The Morgan fingerprint density at radius 1 is 0.793 bits per heavy atom. The molecule has 0 aromatic heterocycles. The molecule has 0 aromatic carbocycles. The van der Waals surface area contributed by atoms with Crippen molar-refractivity contribution in [2.45, 2.75) is 110 Å². The van der Waals surface area contributed by atoms with Crippen molar-refractivity contribution >= 4 is 11.9 Å². The quantitative estimate of drug-likeness (QED) is 0.152. The zero-order valence-corrected chi connectivity index (χ0v) is 18.5. The van der Waals surface area contributed by atoms with E-state index < -0.39 is 24.0 Å². The van der Waals surface area contributed by atoms with Crippen molar-refractivity contribution in [1.82, 2.24) is 0 Å². The predicted octanol–water partition coefficient (Wildman–Crippen LogP) is 4.93. The van der Waals surface area contributed by atoms with Crippen molar-refractivity contribution in [2.24, 2.45) is 0 Å². The van der Waals surface area contributed by atoms with Gasteiger partial charge in [0.05, 0.1) is 0 Å². The highest BCUT2D eigenvalue weighted by molar-refractivity contribution is 5.88. The van der Waals surface area contributed by atoms with Gasteiger partial charge in [-0.05, 0) is 26.7 Å². The van der Waals surface area contributed by atoms with Gasteiger partial charge in [-0.3, -0.25) is 0 Å². The van der Waals surface area contributed by atoms with Crippen molar-refractivity contribution in [2.75, 3.05) is 0 Å². The van der Waals surface area contributed by atoms with Crippen LogP contribution in [0.25, 0.3) is 0 Å². The summed E-state index contributed by atoms with van der Waals surface area (Å²) >= 11 is 0. The Kier molecular flexibility index (Phi) is 14.3. The monoisotopic (exact) mass is 412 g/mol. The highest BCUT2D eigenvalue weighted by atomic mass is 16.8. The molecule has 0 aromatic rings. The van der Waals surface area contributed by atoms with Crippen LogP contribution in [0.4, 0.5) is 0 Å². The molecule has 29 heavy (non-hydrogen) atoms. The van der Waals surface area contributed by atoms with Gasteiger partial charge in [0.25, 0.3) is 0 Å². The molecule has 0 fully saturated rings. The number of rotatable bonds is 17. The second-order valence-electron chi connectivity index (χ2n) is 7.83. The van der Waals surface area contributed by atoms with Gasteiger partial charge in [-0.25, -0.2) is 9.59 Å². The molecule has 0 aliphatic heterocycles. The van der Waals surface area contributed by atoms with Gasteiger partial charge in [0.1, 0.15) is 0 Å². The summed E-state index contributed by atoms with van der Waals surface area (Å²) in [6.45, 7) is 11.9. The lowest BCUT2D eigenvalue weighted by molar-refractivity contribution is -0.358. The lowest BCUT2D eigenvalue weighted by atomic mass is 10.0. The molecular weight excluding hydrogens is 372 g/mol. The highest BCUT2D eigenvalue weighted by Gasteiger charge is 2.42. The topological polar surface area (TPSA) is 93.1 Å². The molecule has 0 radical (unpaired) electrons. The number of hydrogen-bond acceptors (Lipinski definition) is 6. The molecule has 0 heterocycles. The number of hydrogen-bond donors (Lipinski definition) is 2. The fourth-order valence-electron chi connectivity index (χ4n) is 2.84. The Labute approximate surface area is 176 Å². The summed E-state index contributed by atoms with van der Waals surface area (Å²) in [6, 6.07) is 0. The molecule has 1 atom stereocenters. The van der Waals surface area contributed by atoms with E-state index in [1.54, 1.807) is 0 Å². The average molecular weight is 413 g/mol. The van der Waals surface area contributed by atoms with E-state index in [1.165, 1.54) is 58.8 Å². The van der Waals surface area contributed by atoms with Gasteiger partial charge in [-0.2, -0.15) is 0 Å². The lowest BCUT2D eigenvalue weighted by Crippen LogP contribution is -2.48. The van der Waals surface area contributed by atoms with Crippen molar-refractivity contribution in [3.05, 3.63) is 24.3 Å². The highest BCUT2D eigenvalue weighted by Crippen LogP contribution is 2.22. The summed E-state index contributed by atoms with van der Waals surface area (Å²) in [5.74, 6) is -4.65. The van der Waals surface area contributed by atoms with Crippen LogP contribution in [0.3, 0.4) is 0 Å². The van der Waals surface area contributed by atoms with Crippen LogP contribution >= 0.6 is 0 Å². The Hall–Kier alpha value is -1.66. The van der Waals surface area contributed by atoms with E-state index in [9.17, 15) is 19.8 Å². The average Bonchev–Trinajstić information content (AvgIpc) is 2.64. The molecular formula is C23H40O6. The van der Waals surface area contributed by atoms with E-state index >= 15 is 0 Å². The Bertz CT molecular complexity index is 523. The second kappa shape index (κ2) is 15.2. The van der Waals surface area contributed by atoms with E-state index in [-0.39, 0.29) is 17.6 Å². The zero-order valence-electron chi connectivity index (χ0n) is 18.5. The van der Waals surface area contributed by atoms with Crippen molar-refractivity contribution in [3.63, 3.8) is 0 Å². The molecule has 0 bridgehead atoms. The fraction of sp³-hybridized carbons (Fsp3) is 0.739. The van der Waals surface area contributed by atoms with Gasteiger partial charge in [-0.15, -0.1) is 0 Å². The van der Waals surface area contributed by atoms with E-state index in [0.717, 1.165) is 19.3 Å². The zero-order chi connectivity index (χ0) is 22.3. The normalized spacial score (nSPS) is 12.3. The third-order valence-electron chi connectivity index (χ3n) is 4.68. The standard InChI is InChI=1S/C23H40O6/c1-6-7-8-9-10-11-12-13-14-15-16-17-20(28-21(24)18(2)3)23(26,27)29-22(25)19(4)5/h20,26-27H,2,4,6-17H2,1,3,5H3. The van der Waals surface area contributed by atoms with Crippen LogP contribution in [0.1, 0.15) is 97.8 Å². The van der Waals surface area contributed by atoms with Crippen molar-refractivity contribution < 1.29 is 29.3 Å². The maximum atomic E-state index is 11.8. The molecule has 1 unspecified atom stereocenters. The van der Waals surface area contributed by atoms with Crippen LogP contribution in [0, 0.1) is 0 Å². The first-order chi connectivity index (χ1) is 13.6. The maximum absolute atomic E-state index is 11.8. The van der Waals surface area contributed by atoms with Crippen molar-refractivity contribution in [1.29, 1.82) is 0 Å². The van der Waals surface area contributed by atoms with Crippen molar-refractivity contribution in [3.8, 4) is 0 Å². The van der Waals surface area contributed by atoms with Crippen LogP contribution in [0.2, 0.25) is 0 Å². The summed E-state index contributed by atoms with van der Waals surface area (Å²) in [5, 5.41) is 20.3. The van der Waals surface area contributed by atoms with Crippen LogP contribution < -0.4 is 0 Å². The Morgan fingerprint density at radius 2 is 1.21 bits per heavy atom. The fourth-order valence-corrected chi connectivity index (χ4v) is 2.84. The van der Waals surface area contributed by atoms with Crippen LogP contribution in [-0.4, -0.2) is 34.2 Å². The molecule has 0 aliphatic rings. The van der Waals surface area contributed by atoms with Gasteiger partial charge in [-0.1, -0.05) is 84.3 Å². The first-order valence-electron chi connectivity index (χ1n) is 10.8. The van der Waals surface area contributed by atoms with E-state index in [4.69, 9.17) is 4.74 Å². The van der Waals surface area contributed by atoms with E-state index in [2.05, 4.69) is 24.8 Å². The van der Waals surface area contributed by atoms with Crippen LogP contribution in [0.15, 0.2) is 24.3 Å². The molecule has 0 saturated heterocycles. The summed E-state index contributed by atoms with van der Waals surface area (Å²) in [7, 11) is 0. The molecule has 0 spiro atoms. The van der Waals surface area contributed by atoms with Gasteiger partial charge in [0, 0.05) is 11.1 Å². The first-order valence-corrected chi connectivity index (χ1v) is 10.8. The van der Waals surface area contributed by atoms with Crippen LogP contribution in [-0.2, 0) is 19.1 Å². The SMILES string of the molecule is C=C(C)C(=O)OC(CCCCCCCCCCCCC)C(O)(O)OC(=O)C(=C)C. The summed E-state index contributed by atoms with van der Waals surface area (Å²) in [5.41, 5.74) is 0.133. The van der Waals surface area contributed by atoms with E-state index in [1.807, 2.05) is 0 Å². The molecule has 168 valence electrons. The van der Waals surface area contributed by atoms with E-state index in [0.29, 0.717) is 6.42 Å². The largest absolute Gasteiger partial charge is 0.449 e. The number of carbonyl (C=O) groups excluding carboxylic acids is 2. The van der Waals surface area contributed by atoms with Gasteiger partial charge < -0.3 is 19.7 Å². The lowest BCUT2D eigenvalue weighted by Gasteiger charge is -2.30. The van der Waals surface area contributed by atoms with Crippen LogP contribution in [0.5, 0.6) is 0 Å². The maximum Gasteiger partial charge on any atom is 0.363 e. The number of esters is 2. The van der Waals surface area contributed by atoms with Gasteiger partial charge in [0.15, 0.2) is 6.10 Å². The predicted molar refractivity (Wildman–Crippen MR) is 114 cm³/mol. The summed E-state index contributed by atoms with van der Waals surface area (Å²) < 4.78 is 9.76. The second-order valence-corrected chi connectivity index (χ2v) is 7.83. The molecule has 0 amide bonds. The molecule has 6 nitrogen and oxygen atoms in total. The molecule has 6 heteroatoms. The molecule has 0 saturated carbocycles. The molecule has 0 rings (SSSR count). The minimum Gasteiger partial charge on any atom is -0.449 e. The first kappa shape index (κ1) is 27.3. The Balaban J connectivity index is 4.35. The number of ether oxygens (including phenoxy) is 2. The third kappa shape index (κ3) is 13.2.